The van der Waals surface area contributed by atoms with Gasteiger partial charge in [-0.15, -0.1) is 0 Å². The molecular formula is C12H25NO4Si. The summed E-state index contributed by atoms with van der Waals surface area (Å²) in [6, 6.07) is -0.519. The molecule has 0 radical (unpaired) electrons. The van der Waals surface area contributed by atoms with Crippen LogP contribution in [0.1, 0.15) is 0 Å². The van der Waals surface area contributed by atoms with Gasteiger partial charge in [-0.3, -0.25) is 4.90 Å². The topological polar surface area (TPSA) is 84.2 Å². The molecule has 1 fully saturated rings. The Balaban J connectivity index is 2.66. The first-order chi connectivity index (χ1) is 8.26. The minimum absolute atomic E-state index is 0.230. The van der Waals surface area contributed by atoms with E-state index in [1.54, 1.807) is 4.90 Å². The second kappa shape index (κ2) is 6.27. The van der Waals surface area contributed by atoms with Crippen molar-refractivity contribution in [1.82, 2.24) is 4.90 Å². The Morgan fingerprint density at radius 1 is 1.17 bits per heavy atom. The lowest BCUT2D eigenvalue weighted by Gasteiger charge is -2.42. The SMILES string of the molecule is C[Si](C)(C)/C=C\CN1C[C@H](O)[C@@H](O)[C@H](O)[C@H]1CO. The zero-order valence-electron chi connectivity index (χ0n) is 11.3. The molecule has 4 atom stereocenters. The van der Waals surface area contributed by atoms with E-state index < -0.39 is 32.4 Å². The summed E-state index contributed by atoms with van der Waals surface area (Å²) in [5.74, 6) is 0. The third kappa shape index (κ3) is 4.15. The number of hydrogen-bond acceptors (Lipinski definition) is 5. The van der Waals surface area contributed by atoms with Gasteiger partial charge >= 0.3 is 0 Å². The number of aliphatic hydroxyl groups is 4. The molecule has 0 aromatic rings. The number of likely N-dealkylation sites (tertiary alicyclic amines) is 1. The summed E-state index contributed by atoms with van der Waals surface area (Å²) in [6.45, 7) is 7.26. The van der Waals surface area contributed by atoms with Gasteiger partial charge in [-0.2, -0.15) is 0 Å². The molecule has 0 saturated carbocycles. The van der Waals surface area contributed by atoms with Crippen molar-refractivity contribution in [2.45, 2.75) is 44.0 Å². The third-order valence-electron chi connectivity index (χ3n) is 3.17. The number of β-amino-alcohol motifs (C(OH)–C–C–N with tert-alkyl or cyclic N) is 1. The first-order valence-corrected chi connectivity index (χ1v) is 9.91. The molecule has 1 heterocycles. The number of piperidine rings is 1. The molecule has 0 aromatic carbocycles. The van der Waals surface area contributed by atoms with Gasteiger partial charge in [-0.25, -0.2) is 0 Å². The van der Waals surface area contributed by atoms with Crippen LogP contribution in [0.2, 0.25) is 19.6 Å². The van der Waals surface area contributed by atoms with E-state index in [9.17, 15) is 20.4 Å². The van der Waals surface area contributed by atoms with E-state index >= 15 is 0 Å². The molecule has 0 aliphatic carbocycles. The molecule has 1 aliphatic heterocycles. The molecule has 0 bridgehead atoms. The third-order valence-corrected chi connectivity index (χ3v) is 4.41. The minimum Gasteiger partial charge on any atom is -0.395 e. The summed E-state index contributed by atoms with van der Waals surface area (Å²) in [5.41, 5.74) is 2.19. The molecule has 0 spiro atoms. The van der Waals surface area contributed by atoms with Crippen LogP contribution in [0.3, 0.4) is 0 Å². The van der Waals surface area contributed by atoms with Gasteiger partial charge in [0, 0.05) is 13.1 Å². The largest absolute Gasteiger partial charge is 0.395 e. The summed E-state index contributed by atoms with van der Waals surface area (Å²) >= 11 is 0. The molecule has 0 amide bonds. The highest BCUT2D eigenvalue weighted by Gasteiger charge is 2.40. The molecule has 18 heavy (non-hydrogen) atoms. The summed E-state index contributed by atoms with van der Waals surface area (Å²) in [5, 5.41) is 38.3. The van der Waals surface area contributed by atoms with Gasteiger partial charge in [0.15, 0.2) is 0 Å². The van der Waals surface area contributed by atoms with Crippen molar-refractivity contribution in [1.29, 1.82) is 0 Å². The first kappa shape index (κ1) is 15.8. The lowest BCUT2D eigenvalue weighted by Crippen LogP contribution is -2.62. The number of nitrogens with zero attached hydrogens (tertiary/aromatic N) is 1. The molecule has 0 unspecified atom stereocenters. The summed E-state index contributed by atoms with van der Waals surface area (Å²) in [7, 11) is -1.27. The van der Waals surface area contributed by atoms with E-state index in [1.807, 2.05) is 6.08 Å². The van der Waals surface area contributed by atoms with Crippen molar-refractivity contribution in [3.8, 4) is 0 Å². The molecule has 1 rings (SSSR count). The highest BCUT2D eigenvalue weighted by atomic mass is 28.3. The fourth-order valence-corrected chi connectivity index (χ4v) is 2.94. The van der Waals surface area contributed by atoms with E-state index in [2.05, 4.69) is 25.3 Å². The lowest BCUT2D eigenvalue weighted by molar-refractivity contribution is -0.142. The monoisotopic (exact) mass is 275 g/mol. The lowest BCUT2D eigenvalue weighted by atomic mass is 9.94. The fourth-order valence-electron chi connectivity index (χ4n) is 2.13. The Hall–Kier alpha value is -0.243. The Morgan fingerprint density at radius 3 is 2.28 bits per heavy atom. The van der Waals surface area contributed by atoms with Crippen molar-refractivity contribution in [3.05, 3.63) is 11.8 Å². The van der Waals surface area contributed by atoms with Gasteiger partial charge in [-0.1, -0.05) is 31.4 Å². The average molecular weight is 275 g/mol. The normalized spacial score (nSPS) is 35.3. The van der Waals surface area contributed by atoms with Crippen molar-refractivity contribution in [3.63, 3.8) is 0 Å². The van der Waals surface area contributed by atoms with Crippen LogP contribution >= 0.6 is 0 Å². The molecule has 6 heteroatoms. The van der Waals surface area contributed by atoms with Crippen LogP contribution in [0.5, 0.6) is 0 Å². The van der Waals surface area contributed by atoms with Crippen LogP contribution in [0.15, 0.2) is 11.8 Å². The second-order valence-corrected chi connectivity index (χ2v) is 11.1. The van der Waals surface area contributed by atoms with E-state index in [0.717, 1.165) is 0 Å². The van der Waals surface area contributed by atoms with Crippen molar-refractivity contribution >= 4 is 8.07 Å². The van der Waals surface area contributed by atoms with Crippen LogP contribution in [0.25, 0.3) is 0 Å². The summed E-state index contributed by atoms with van der Waals surface area (Å²) in [6.07, 6.45) is -1.24. The maximum Gasteiger partial charge on any atom is 0.109 e. The van der Waals surface area contributed by atoms with E-state index in [1.165, 1.54) is 0 Å². The zero-order valence-corrected chi connectivity index (χ0v) is 12.3. The smallest absolute Gasteiger partial charge is 0.109 e. The fraction of sp³-hybridized carbons (Fsp3) is 0.833. The number of rotatable bonds is 4. The van der Waals surface area contributed by atoms with Crippen LogP contribution in [-0.4, -0.2) is 77.5 Å². The summed E-state index contributed by atoms with van der Waals surface area (Å²) < 4.78 is 0. The highest BCUT2D eigenvalue weighted by Crippen LogP contribution is 2.18. The average Bonchev–Trinajstić information content (AvgIpc) is 2.25. The standard InChI is InChI=1S/C12H25NO4Si/c1-18(2,3)6-4-5-13-7-10(15)12(17)11(16)9(13)8-14/h4,6,9-12,14-17H,5,7-8H2,1-3H3/b6-4-/t9-,10+,11-,12-/m1/s1. The van der Waals surface area contributed by atoms with E-state index in [-0.39, 0.29) is 13.2 Å². The quantitative estimate of drug-likeness (QED) is 0.504. The Kier molecular flexibility index (Phi) is 5.51. The number of hydrogen-bond donors (Lipinski definition) is 4. The Labute approximate surface area is 109 Å². The first-order valence-electron chi connectivity index (χ1n) is 6.33. The van der Waals surface area contributed by atoms with Crippen LogP contribution in [0.4, 0.5) is 0 Å². The van der Waals surface area contributed by atoms with Crippen LogP contribution in [-0.2, 0) is 0 Å². The molecule has 106 valence electrons. The van der Waals surface area contributed by atoms with Gasteiger partial charge in [0.05, 0.1) is 26.8 Å². The van der Waals surface area contributed by atoms with Crippen molar-refractivity contribution in [2.75, 3.05) is 19.7 Å². The second-order valence-electron chi connectivity index (χ2n) is 6.02. The van der Waals surface area contributed by atoms with Crippen molar-refractivity contribution in [2.24, 2.45) is 0 Å². The van der Waals surface area contributed by atoms with E-state index in [4.69, 9.17) is 0 Å². The predicted octanol–water partition coefficient (Wildman–Crippen LogP) is -0.821. The minimum atomic E-state index is -1.27. The Morgan fingerprint density at radius 2 is 1.78 bits per heavy atom. The van der Waals surface area contributed by atoms with Gasteiger partial charge < -0.3 is 20.4 Å². The zero-order chi connectivity index (χ0) is 13.9. The number of aliphatic hydroxyl groups excluding tert-OH is 4. The van der Waals surface area contributed by atoms with Gasteiger partial charge in [0.25, 0.3) is 0 Å². The summed E-state index contributed by atoms with van der Waals surface area (Å²) in [4.78, 5) is 1.80. The van der Waals surface area contributed by atoms with Gasteiger partial charge in [0.2, 0.25) is 0 Å². The molecule has 1 aliphatic rings. The van der Waals surface area contributed by atoms with E-state index in [0.29, 0.717) is 6.54 Å². The van der Waals surface area contributed by atoms with Crippen LogP contribution in [0, 0.1) is 0 Å². The van der Waals surface area contributed by atoms with Gasteiger partial charge in [-0.05, 0) is 0 Å². The van der Waals surface area contributed by atoms with Crippen LogP contribution < -0.4 is 0 Å². The highest BCUT2D eigenvalue weighted by molar-refractivity contribution is 6.80. The maximum absolute atomic E-state index is 9.81. The predicted molar refractivity (Wildman–Crippen MR) is 73.0 cm³/mol. The molecule has 0 aromatic heterocycles. The van der Waals surface area contributed by atoms with Gasteiger partial charge in [0.1, 0.15) is 12.2 Å². The Bertz CT molecular complexity index is 292. The van der Waals surface area contributed by atoms with Crippen molar-refractivity contribution < 1.29 is 20.4 Å². The maximum atomic E-state index is 9.81. The molecule has 4 N–H and O–H groups in total. The molecule has 1 saturated heterocycles. The molecule has 5 nitrogen and oxygen atoms in total. The molecular weight excluding hydrogens is 250 g/mol.